The Balaban J connectivity index is 2.06. The summed E-state index contributed by atoms with van der Waals surface area (Å²) >= 11 is 5.79. The fourth-order valence-corrected chi connectivity index (χ4v) is 2.12. The average molecular weight is 226 g/mol. The van der Waals surface area contributed by atoms with Gasteiger partial charge in [0.15, 0.2) is 0 Å². The highest BCUT2D eigenvalue weighted by Crippen LogP contribution is 2.17. The smallest absolute Gasteiger partial charge is 0.224 e. The molecule has 1 aliphatic rings. The summed E-state index contributed by atoms with van der Waals surface area (Å²) in [6, 6.07) is 1.94. The van der Waals surface area contributed by atoms with Crippen molar-refractivity contribution in [3.63, 3.8) is 0 Å². The molecular weight excluding hydrogens is 210 g/mol. The summed E-state index contributed by atoms with van der Waals surface area (Å²) in [5.74, 6) is 0.969. The molecule has 1 aliphatic heterocycles. The molecule has 0 atom stereocenters. The van der Waals surface area contributed by atoms with Crippen LogP contribution in [0.5, 0.6) is 0 Å². The monoisotopic (exact) mass is 225 g/mol. The van der Waals surface area contributed by atoms with Gasteiger partial charge in [0.05, 0.1) is 0 Å². The van der Waals surface area contributed by atoms with Crippen LogP contribution >= 0.6 is 11.6 Å². The minimum atomic E-state index is 0.342. The van der Waals surface area contributed by atoms with Gasteiger partial charge in [-0.15, -0.1) is 0 Å². The SMILES string of the molecule is Clc1nccc(N2CCCCCCC2)n1. The van der Waals surface area contributed by atoms with Gasteiger partial charge in [0.25, 0.3) is 0 Å². The molecule has 0 aromatic carbocycles. The maximum atomic E-state index is 5.79. The third-order valence-electron chi connectivity index (χ3n) is 2.79. The minimum Gasteiger partial charge on any atom is -0.356 e. The molecule has 1 fully saturated rings. The van der Waals surface area contributed by atoms with Gasteiger partial charge in [-0.3, -0.25) is 0 Å². The van der Waals surface area contributed by atoms with Crippen LogP contribution < -0.4 is 4.90 Å². The molecule has 1 aromatic heterocycles. The van der Waals surface area contributed by atoms with Crippen LogP contribution in [0.4, 0.5) is 5.82 Å². The summed E-state index contributed by atoms with van der Waals surface area (Å²) in [6.45, 7) is 2.18. The first kappa shape index (κ1) is 10.7. The first-order valence-electron chi connectivity index (χ1n) is 5.60. The second-order valence-electron chi connectivity index (χ2n) is 3.94. The summed E-state index contributed by atoms with van der Waals surface area (Å²) in [4.78, 5) is 10.5. The highest BCUT2D eigenvalue weighted by atomic mass is 35.5. The molecule has 0 unspecified atom stereocenters. The number of aromatic nitrogens is 2. The van der Waals surface area contributed by atoms with Crippen molar-refractivity contribution in [2.45, 2.75) is 32.1 Å². The average Bonchev–Trinajstić information content (AvgIpc) is 2.16. The van der Waals surface area contributed by atoms with Gasteiger partial charge in [-0.05, 0) is 30.5 Å². The fourth-order valence-electron chi connectivity index (χ4n) is 1.98. The van der Waals surface area contributed by atoms with Crippen molar-refractivity contribution in [3.05, 3.63) is 17.5 Å². The third kappa shape index (κ3) is 3.06. The topological polar surface area (TPSA) is 29.0 Å². The van der Waals surface area contributed by atoms with Crippen molar-refractivity contribution in [3.8, 4) is 0 Å². The van der Waals surface area contributed by atoms with E-state index in [-0.39, 0.29) is 0 Å². The molecule has 0 amide bonds. The van der Waals surface area contributed by atoms with Gasteiger partial charge in [0.2, 0.25) is 5.28 Å². The van der Waals surface area contributed by atoms with Gasteiger partial charge < -0.3 is 4.90 Å². The number of rotatable bonds is 1. The number of nitrogens with zero attached hydrogens (tertiary/aromatic N) is 3. The van der Waals surface area contributed by atoms with Gasteiger partial charge >= 0.3 is 0 Å². The highest BCUT2D eigenvalue weighted by molar-refractivity contribution is 6.28. The zero-order chi connectivity index (χ0) is 10.5. The lowest BCUT2D eigenvalue weighted by Crippen LogP contribution is -2.27. The number of halogens is 1. The van der Waals surface area contributed by atoms with Crippen molar-refractivity contribution < 1.29 is 0 Å². The van der Waals surface area contributed by atoms with Crippen LogP contribution in [0.3, 0.4) is 0 Å². The van der Waals surface area contributed by atoms with Crippen molar-refractivity contribution >= 4 is 17.4 Å². The first-order valence-corrected chi connectivity index (χ1v) is 5.97. The molecule has 1 aromatic rings. The van der Waals surface area contributed by atoms with Crippen molar-refractivity contribution in [1.82, 2.24) is 9.97 Å². The number of anilines is 1. The van der Waals surface area contributed by atoms with Crippen LogP contribution in [-0.4, -0.2) is 23.1 Å². The van der Waals surface area contributed by atoms with Crippen molar-refractivity contribution in [2.24, 2.45) is 0 Å². The summed E-state index contributed by atoms with van der Waals surface area (Å²) in [5, 5.41) is 0.342. The van der Waals surface area contributed by atoms with Crippen LogP contribution in [0.15, 0.2) is 12.3 Å². The summed E-state index contributed by atoms with van der Waals surface area (Å²) in [6.07, 6.45) is 8.26. The second kappa shape index (κ2) is 5.31. The molecule has 1 saturated heterocycles. The molecule has 0 aliphatic carbocycles. The Bertz CT molecular complexity index is 308. The summed E-state index contributed by atoms with van der Waals surface area (Å²) in [5.41, 5.74) is 0. The molecular formula is C11H16ClN3. The predicted molar refractivity (Wildman–Crippen MR) is 62.3 cm³/mol. The highest BCUT2D eigenvalue weighted by Gasteiger charge is 2.10. The molecule has 3 nitrogen and oxygen atoms in total. The third-order valence-corrected chi connectivity index (χ3v) is 2.97. The van der Waals surface area contributed by atoms with E-state index in [2.05, 4.69) is 14.9 Å². The van der Waals surface area contributed by atoms with E-state index >= 15 is 0 Å². The molecule has 2 rings (SSSR count). The van der Waals surface area contributed by atoms with Crippen LogP contribution in [-0.2, 0) is 0 Å². The molecule has 0 N–H and O–H groups in total. The Morgan fingerprint density at radius 2 is 1.73 bits per heavy atom. The van der Waals surface area contributed by atoms with Gasteiger partial charge in [0.1, 0.15) is 5.82 Å². The van der Waals surface area contributed by atoms with Gasteiger partial charge in [-0.1, -0.05) is 19.3 Å². The zero-order valence-corrected chi connectivity index (χ0v) is 9.58. The summed E-state index contributed by atoms with van der Waals surface area (Å²) in [7, 11) is 0. The van der Waals surface area contributed by atoms with Crippen molar-refractivity contribution in [1.29, 1.82) is 0 Å². The molecule has 15 heavy (non-hydrogen) atoms. The molecule has 0 spiro atoms. The molecule has 0 radical (unpaired) electrons. The van der Waals surface area contributed by atoms with Crippen LogP contribution in [0.2, 0.25) is 5.28 Å². The Labute approximate surface area is 95.5 Å². The second-order valence-corrected chi connectivity index (χ2v) is 4.28. The van der Waals surface area contributed by atoms with E-state index < -0.39 is 0 Å². The normalized spacial score (nSPS) is 18.3. The van der Waals surface area contributed by atoms with Gasteiger partial charge in [-0.25, -0.2) is 9.97 Å². The molecule has 82 valence electrons. The molecule has 0 bridgehead atoms. The lowest BCUT2D eigenvalue weighted by Gasteiger charge is -2.25. The Morgan fingerprint density at radius 1 is 1.07 bits per heavy atom. The lowest BCUT2D eigenvalue weighted by atomic mass is 10.1. The molecule has 4 heteroatoms. The largest absolute Gasteiger partial charge is 0.356 e. The van der Waals surface area contributed by atoms with Crippen molar-refractivity contribution in [2.75, 3.05) is 18.0 Å². The Morgan fingerprint density at radius 3 is 2.40 bits per heavy atom. The van der Waals surface area contributed by atoms with Gasteiger partial charge in [-0.2, -0.15) is 0 Å². The maximum absolute atomic E-state index is 5.79. The van der Waals surface area contributed by atoms with E-state index in [9.17, 15) is 0 Å². The maximum Gasteiger partial charge on any atom is 0.224 e. The van der Waals surface area contributed by atoms with E-state index in [1.807, 2.05) is 6.07 Å². The van der Waals surface area contributed by atoms with E-state index in [0.717, 1.165) is 18.9 Å². The van der Waals surface area contributed by atoms with Gasteiger partial charge in [0, 0.05) is 19.3 Å². The van der Waals surface area contributed by atoms with Crippen LogP contribution in [0, 0.1) is 0 Å². The molecule has 0 saturated carbocycles. The fraction of sp³-hybridized carbons (Fsp3) is 0.636. The minimum absolute atomic E-state index is 0.342. The lowest BCUT2D eigenvalue weighted by molar-refractivity contribution is 0.553. The van der Waals surface area contributed by atoms with E-state index in [0.29, 0.717) is 5.28 Å². The van der Waals surface area contributed by atoms with Crippen LogP contribution in [0.1, 0.15) is 32.1 Å². The Kier molecular flexibility index (Phi) is 3.78. The quantitative estimate of drug-likeness (QED) is 0.689. The predicted octanol–water partition coefficient (Wildman–Crippen LogP) is 2.90. The standard InChI is InChI=1S/C11H16ClN3/c12-11-13-7-6-10(14-11)15-8-4-2-1-3-5-9-15/h6-7H,1-5,8-9H2. The Hall–Kier alpha value is -0.830. The number of hydrogen-bond donors (Lipinski definition) is 0. The first-order chi connectivity index (χ1) is 7.36. The van der Waals surface area contributed by atoms with E-state index in [4.69, 9.17) is 11.6 Å². The summed E-state index contributed by atoms with van der Waals surface area (Å²) < 4.78 is 0. The number of hydrogen-bond acceptors (Lipinski definition) is 3. The zero-order valence-electron chi connectivity index (χ0n) is 8.82. The van der Waals surface area contributed by atoms with E-state index in [1.165, 1.54) is 32.1 Å². The van der Waals surface area contributed by atoms with E-state index in [1.54, 1.807) is 6.20 Å². The molecule has 2 heterocycles. The van der Waals surface area contributed by atoms with Crippen LogP contribution in [0.25, 0.3) is 0 Å².